The molecule has 0 radical (unpaired) electrons. The van der Waals surface area contributed by atoms with Crippen molar-refractivity contribution in [1.29, 1.82) is 0 Å². The number of amides is 1. The number of carbonyl (C=O) groups is 1. The van der Waals surface area contributed by atoms with Gasteiger partial charge in [0.05, 0.1) is 36.1 Å². The van der Waals surface area contributed by atoms with Crippen molar-refractivity contribution in [2.75, 3.05) is 19.5 Å². The second-order valence-corrected chi connectivity index (χ2v) is 6.68. The van der Waals surface area contributed by atoms with Gasteiger partial charge in [-0.2, -0.15) is 0 Å². The van der Waals surface area contributed by atoms with Gasteiger partial charge < -0.3 is 14.8 Å². The predicted octanol–water partition coefficient (Wildman–Crippen LogP) is 3.56. The molecule has 1 heterocycles. The van der Waals surface area contributed by atoms with Crippen LogP contribution in [-0.4, -0.2) is 25.1 Å². The molecule has 0 bridgehead atoms. The van der Waals surface area contributed by atoms with Crippen LogP contribution >= 0.6 is 22.9 Å². The zero-order valence-corrected chi connectivity index (χ0v) is 14.5. The third-order valence-corrected chi connectivity index (χ3v) is 5.18. The van der Waals surface area contributed by atoms with Crippen molar-refractivity contribution in [3.05, 3.63) is 33.2 Å². The molecule has 0 saturated carbocycles. The maximum Gasteiger partial charge on any atom is 0.227 e. The standard InChI is InChI=1S/C16H17ClN2O3S/c1-21-13-7-12(14(22-2)6-10(13)17)19-16(20)9-3-4-11-15(5-9)23-8-18-11/h6-9H,3-5H2,1-2H3,(H,19,20). The summed E-state index contributed by atoms with van der Waals surface area (Å²) in [7, 11) is 3.07. The molecule has 1 aliphatic carbocycles. The highest BCUT2D eigenvalue weighted by atomic mass is 35.5. The molecule has 7 heteroatoms. The molecule has 1 aliphatic rings. The van der Waals surface area contributed by atoms with Crippen LogP contribution in [0.1, 0.15) is 17.0 Å². The number of carbonyl (C=O) groups excluding carboxylic acids is 1. The Labute approximate surface area is 143 Å². The van der Waals surface area contributed by atoms with E-state index in [9.17, 15) is 4.79 Å². The Morgan fingerprint density at radius 3 is 2.87 bits per heavy atom. The summed E-state index contributed by atoms with van der Waals surface area (Å²) in [6.07, 6.45) is 2.38. The van der Waals surface area contributed by atoms with Crippen molar-refractivity contribution in [3.63, 3.8) is 0 Å². The van der Waals surface area contributed by atoms with E-state index >= 15 is 0 Å². The van der Waals surface area contributed by atoms with Crippen molar-refractivity contribution >= 4 is 34.5 Å². The van der Waals surface area contributed by atoms with E-state index in [0.717, 1.165) is 25.0 Å². The number of anilines is 1. The van der Waals surface area contributed by atoms with Gasteiger partial charge in [0.1, 0.15) is 11.5 Å². The number of rotatable bonds is 4. The molecule has 1 amide bonds. The molecule has 1 aromatic carbocycles. The van der Waals surface area contributed by atoms with E-state index in [2.05, 4.69) is 10.3 Å². The van der Waals surface area contributed by atoms with Gasteiger partial charge in [0.2, 0.25) is 5.91 Å². The fourth-order valence-electron chi connectivity index (χ4n) is 2.72. The first-order valence-electron chi connectivity index (χ1n) is 7.26. The lowest BCUT2D eigenvalue weighted by Gasteiger charge is -2.21. The Balaban J connectivity index is 1.78. The molecule has 1 N–H and O–H groups in total. The summed E-state index contributed by atoms with van der Waals surface area (Å²) in [4.78, 5) is 18.1. The summed E-state index contributed by atoms with van der Waals surface area (Å²) in [6, 6.07) is 3.32. The smallest absolute Gasteiger partial charge is 0.227 e. The van der Waals surface area contributed by atoms with E-state index in [1.54, 1.807) is 23.5 Å². The average Bonchev–Trinajstić information content (AvgIpc) is 3.03. The van der Waals surface area contributed by atoms with Crippen LogP contribution in [0.5, 0.6) is 11.5 Å². The number of benzene rings is 1. The normalized spacial score (nSPS) is 16.6. The lowest BCUT2D eigenvalue weighted by atomic mass is 9.90. The molecule has 5 nitrogen and oxygen atoms in total. The molecule has 2 aromatic rings. The molecular formula is C16H17ClN2O3S. The molecule has 0 aliphatic heterocycles. The number of fused-ring (bicyclic) bond motifs is 1. The molecular weight excluding hydrogens is 336 g/mol. The Bertz CT molecular complexity index is 732. The molecule has 0 fully saturated rings. The lowest BCUT2D eigenvalue weighted by Crippen LogP contribution is -2.27. The highest BCUT2D eigenvalue weighted by Crippen LogP contribution is 2.36. The van der Waals surface area contributed by atoms with Crippen LogP contribution < -0.4 is 14.8 Å². The number of hydrogen-bond acceptors (Lipinski definition) is 5. The summed E-state index contributed by atoms with van der Waals surface area (Å²) in [6.45, 7) is 0. The van der Waals surface area contributed by atoms with E-state index in [-0.39, 0.29) is 11.8 Å². The summed E-state index contributed by atoms with van der Waals surface area (Å²) in [5.74, 6) is 0.927. The Morgan fingerprint density at radius 2 is 2.13 bits per heavy atom. The Hall–Kier alpha value is -1.79. The topological polar surface area (TPSA) is 60.5 Å². The molecule has 23 heavy (non-hydrogen) atoms. The summed E-state index contributed by atoms with van der Waals surface area (Å²) in [5.41, 5.74) is 3.54. The van der Waals surface area contributed by atoms with Crippen LogP contribution in [-0.2, 0) is 17.6 Å². The van der Waals surface area contributed by atoms with Gasteiger partial charge in [-0.3, -0.25) is 4.79 Å². The number of hydrogen-bond donors (Lipinski definition) is 1. The van der Waals surface area contributed by atoms with Crippen LogP contribution in [0.15, 0.2) is 17.6 Å². The van der Waals surface area contributed by atoms with E-state index in [4.69, 9.17) is 21.1 Å². The van der Waals surface area contributed by atoms with Crippen molar-refractivity contribution < 1.29 is 14.3 Å². The van der Waals surface area contributed by atoms with Gasteiger partial charge in [-0.15, -0.1) is 11.3 Å². The highest BCUT2D eigenvalue weighted by Gasteiger charge is 2.27. The molecule has 1 atom stereocenters. The van der Waals surface area contributed by atoms with Gasteiger partial charge in [-0.25, -0.2) is 4.98 Å². The maximum atomic E-state index is 12.6. The van der Waals surface area contributed by atoms with E-state index < -0.39 is 0 Å². The maximum absolute atomic E-state index is 12.6. The Morgan fingerprint density at radius 1 is 1.35 bits per heavy atom. The zero-order chi connectivity index (χ0) is 16.4. The van der Waals surface area contributed by atoms with Crippen LogP contribution in [0.25, 0.3) is 0 Å². The SMILES string of the molecule is COc1cc(NC(=O)C2CCc3ncsc3C2)c(OC)cc1Cl. The predicted molar refractivity (Wildman–Crippen MR) is 90.8 cm³/mol. The molecule has 0 saturated heterocycles. The minimum atomic E-state index is -0.0608. The van der Waals surface area contributed by atoms with E-state index in [1.165, 1.54) is 19.1 Å². The molecule has 1 unspecified atom stereocenters. The third kappa shape index (κ3) is 3.28. The summed E-state index contributed by atoms with van der Waals surface area (Å²) >= 11 is 7.70. The molecule has 3 rings (SSSR count). The minimum Gasteiger partial charge on any atom is -0.495 e. The number of nitrogens with one attached hydrogen (secondary N) is 1. The van der Waals surface area contributed by atoms with Crippen LogP contribution in [0.4, 0.5) is 5.69 Å². The van der Waals surface area contributed by atoms with Gasteiger partial charge in [0, 0.05) is 22.9 Å². The van der Waals surface area contributed by atoms with Gasteiger partial charge in [-0.1, -0.05) is 11.6 Å². The van der Waals surface area contributed by atoms with Crippen molar-refractivity contribution in [2.24, 2.45) is 5.92 Å². The number of aromatic nitrogens is 1. The monoisotopic (exact) mass is 352 g/mol. The van der Waals surface area contributed by atoms with E-state index in [1.807, 2.05) is 5.51 Å². The van der Waals surface area contributed by atoms with Gasteiger partial charge in [0.25, 0.3) is 0 Å². The molecule has 1 aromatic heterocycles. The number of aryl methyl sites for hydroxylation is 1. The van der Waals surface area contributed by atoms with Gasteiger partial charge >= 0.3 is 0 Å². The quantitative estimate of drug-likeness (QED) is 0.914. The van der Waals surface area contributed by atoms with Crippen molar-refractivity contribution in [3.8, 4) is 11.5 Å². The zero-order valence-electron chi connectivity index (χ0n) is 12.9. The van der Waals surface area contributed by atoms with Gasteiger partial charge in [-0.05, 0) is 19.3 Å². The van der Waals surface area contributed by atoms with Crippen molar-refractivity contribution in [2.45, 2.75) is 19.3 Å². The Kier molecular flexibility index (Phi) is 4.73. The third-order valence-electron chi connectivity index (χ3n) is 3.99. The fourth-order valence-corrected chi connectivity index (χ4v) is 3.84. The number of nitrogens with zero attached hydrogens (tertiary/aromatic N) is 1. The van der Waals surface area contributed by atoms with Crippen LogP contribution in [0.3, 0.4) is 0 Å². The molecule has 0 spiro atoms. The van der Waals surface area contributed by atoms with Crippen LogP contribution in [0.2, 0.25) is 5.02 Å². The largest absolute Gasteiger partial charge is 0.495 e. The second-order valence-electron chi connectivity index (χ2n) is 5.34. The van der Waals surface area contributed by atoms with Crippen LogP contribution in [0, 0.1) is 5.92 Å². The van der Waals surface area contributed by atoms with Gasteiger partial charge in [0.15, 0.2) is 0 Å². The van der Waals surface area contributed by atoms with Crippen molar-refractivity contribution in [1.82, 2.24) is 4.98 Å². The average molecular weight is 353 g/mol. The first-order chi connectivity index (χ1) is 11.1. The number of ether oxygens (including phenoxy) is 2. The number of halogens is 1. The first-order valence-corrected chi connectivity index (χ1v) is 8.51. The lowest BCUT2D eigenvalue weighted by molar-refractivity contribution is -0.120. The summed E-state index contributed by atoms with van der Waals surface area (Å²) < 4.78 is 10.5. The van der Waals surface area contributed by atoms with E-state index in [0.29, 0.717) is 22.2 Å². The highest BCUT2D eigenvalue weighted by molar-refractivity contribution is 7.09. The molecule has 122 valence electrons. The first kappa shape index (κ1) is 16.1. The number of methoxy groups -OCH3 is 2. The minimum absolute atomic E-state index is 0.0216. The number of thiazole rings is 1. The fraction of sp³-hybridized carbons (Fsp3) is 0.375. The summed E-state index contributed by atoms with van der Waals surface area (Å²) in [5, 5.41) is 3.38. The second kappa shape index (κ2) is 6.76.